The number of aryl methyl sites for hydroxylation is 1. The predicted molar refractivity (Wildman–Crippen MR) is 61.5 cm³/mol. The van der Waals surface area contributed by atoms with Gasteiger partial charge in [-0.15, -0.1) is 5.10 Å². The van der Waals surface area contributed by atoms with E-state index in [0.717, 1.165) is 6.54 Å². The van der Waals surface area contributed by atoms with Crippen LogP contribution in [0.15, 0.2) is 36.5 Å². The highest BCUT2D eigenvalue weighted by molar-refractivity contribution is 5.74. The van der Waals surface area contributed by atoms with Gasteiger partial charge in [0.15, 0.2) is 0 Å². The van der Waals surface area contributed by atoms with E-state index in [2.05, 4.69) is 10.3 Å². The van der Waals surface area contributed by atoms with E-state index in [1.54, 1.807) is 23.0 Å². The second kappa shape index (κ2) is 5.25. The highest BCUT2D eigenvalue weighted by Gasteiger charge is 2.09. The first-order chi connectivity index (χ1) is 8.28. The lowest BCUT2D eigenvalue weighted by molar-refractivity contribution is -0.133. The molecule has 0 aliphatic rings. The molecular formula is C12H13N3O2. The van der Waals surface area contributed by atoms with Gasteiger partial charge in [-0.1, -0.05) is 23.4 Å². The maximum absolute atomic E-state index is 11.6. The Kier molecular flexibility index (Phi) is 3.49. The zero-order valence-electron chi connectivity index (χ0n) is 9.54. The molecular weight excluding hydrogens is 218 g/mol. The zero-order valence-corrected chi connectivity index (χ0v) is 9.54. The fourth-order valence-corrected chi connectivity index (χ4v) is 1.38. The molecule has 0 atom stereocenters. The quantitative estimate of drug-likeness (QED) is 0.590. The third kappa shape index (κ3) is 3.14. The van der Waals surface area contributed by atoms with Gasteiger partial charge < -0.3 is 4.74 Å². The summed E-state index contributed by atoms with van der Waals surface area (Å²) in [5.41, 5.74) is 0.618. The largest absolute Gasteiger partial charge is 0.426 e. The molecule has 0 spiro atoms. The van der Waals surface area contributed by atoms with Crippen LogP contribution in [0.1, 0.15) is 12.6 Å². The van der Waals surface area contributed by atoms with Gasteiger partial charge in [-0.3, -0.25) is 9.48 Å². The average Bonchev–Trinajstić information content (AvgIpc) is 2.78. The minimum Gasteiger partial charge on any atom is -0.426 e. The van der Waals surface area contributed by atoms with Crippen LogP contribution in [0, 0.1) is 0 Å². The molecule has 0 saturated heterocycles. The van der Waals surface area contributed by atoms with Crippen LogP contribution in [0.2, 0.25) is 0 Å². The van der Waals surface area contributed by atoms with Gasteiger partial charge in [0.25, 0.3) is 0 Å². The van der Waals surface area contributed by atoms with Crippen LogP contribution in [0.3, 0.4) is 0 Å². The Labute approximate surface area is 99.0 Å². The molecule has 1 heterocycles. The molecule has 0 N–H and O–H groups in total. The van der Waals surface area contributed by atoms with Gasteiger partial charge in [-0.2, -0.15) is 0 Å². The van der Waals surface area contributed by atoms with Crippen molar-refractivity contribution in [3.05, 3.63) is 42.2 Å². The molecule has 0 aliphatic carbocycles. The number of hydrogen-bond acceptors (Lipinski definition) is 4. The molecule has 2 rings (SSSR count). The van der Waals surface area contributed by atoms with E-state index in [0.29, 0.717) is 11.4 Å². The normalized spacial score (nSPS) is 10.2. The van der Waals surface area contributed by atoms with Crippen molar-refractivity contribution < 1.29 is 9.53 Å². The topological polar surface area (TPSA) is 57.0 Å². The third-order valence-electron chi connectivity index (χ3n) is 2.21. The Morgan fingerprint density at radius 1 is 1.35 bits per heavy atom. The van der Waals surface area contributed by atoms with Crippen molar-refractivity contribution in [1.29, 1.82) is 0 Å². The summed E-state index contributed by atoms with van der Waals surface area (Å²) in [6.45, 7) is 2.70. The molecule has 1 aromatic carbocycles. The standard InChI is InChI=1S/C12H13N3O2/c1-2-15-9-10(13-14-15)8-12(16)17-11-6-4-3-5-7-11/h3-7,9H,2,8H2,1H3. The van der Waals surface area contributed by atoms with E-state index in [9.17, 15) is 4.79 Å². The van der Waals surface area contributed by atoms with Gasteiger partial charge in [0.2, 0.25) is 0 Å². The van der Waals surface area contributed by atoms with Crippen molar-refractivity contribution in [3.8, 4) is 5.75 Å². The lowest BCUT2D eigenvalue weighted by Gasteiger charge is -2.01. The molecule has 88 valence electrons. The summed E-state index contributed by atoms with van der Waals surface area (Å²) < 4.78 is 6.82. The number of para-hydroxylation sites is 1. The monoisotopic (exact) mass is 231 g/mol. The average molecular weight is 231 g/mol. The summed E-state index contributed by atoms with van der Waals surface area (Å²) in [4.78, 5) is 11.6. The van der Waals surface area contributed by atoms with Crippen LogP contribution in [-0.2, 0) is 17.8 Å². The van der Waals surface area contributed by atoms with E-state index in [4.69, 9.17) is 4.74 Å². The summed E-state index contributed by atoms with van der Waals surface area (Å²) >= 11 is 0. The number of rotatable bonds is 4. The number of carbonyl (C=O) groups excluding carboxylic acids is 1. The Morgan fingerprint density at radius 3 is 2.76 bits per heavy atom. The SMILES string of the molecule is CCn1cc(CC(=O)Oc2ccccc2)nn1. The Bertz CT molecular complexity index is 493. The number of esters is 1. The number of hydrogen-bond donors (Lipinski definition) is 0. The maximum atomic E-state index is 11.6. The first-order valence-corrected chi connectivity index (χ1v) is 5.42. The van der Waals surface area contributed by atoms with Gasteiger partial charge in [-0.05, 0) is 19.1 Å². The summed E-state index contributed by atoms with van der Waals surface area (Å²) in [7, 11) is 0. The van der Waals surface area contributed by atoms with Crippen LogP contribution in [-0.4, -0.2) is 21.0 Å². The predicted octanol–water partition coefficient (Wildman–Crippen LogP) is 1.45. The highest BCUT2D eigenvalue weighted by Crippen LogP contribution is 2.09. The second-order valence-corrected chi connectivity index (χ2v) is 3.53. The molecule has 0 amide bonds. The van der Waals surface area contributed by atoms with Gasteiger partial charge in [0, 0.05) is 12.7 Å². The van der Waals surface area contributed by atoms with Crippen molar-refractivity contribution in [2.24, 2.45) is 0 Å². The van der Waals surface area contributed by atoms with Gasteiger partial charge in [0.1, 0.15) is 5.75 Å². The Hall–Kier alpha value is -2.17. The van der Waals surface area contributed by atoms with Crippen LogP contribution in [0.4, 0.5) is 0 Å². The molecule has 2 aromatic rings. The molecule has 5 nitrogen and oxygen atoms in total. The van der Waals surface area contributed by atoms with Gasteiger partial charge >= 0.3 is 5.97 Å². The van der Waals surface area contributed by atoms with E-state index in [1.165, 1.54) is 0 Å². The van der Waals surface area contributed by atoms with Crippen LogP contribution in [0.5, 0.6) is 5.75 Å². The third-order valence-corrected chi connectivity index (χ3v) is 2.21. The molecule has 0 saturated carbocycles. The van der Waals surface area contributed by atoms with E-state index in [1.807, 2.05) is 25.1 Å². The van der Waals surface area contributed by atoms with Gasteiger partial charge in [0.05, 0.1) is 12.1 Å². The lowest BCUT2D eigenvalue weighted by Crippen LogP contribution is -2.11. The number of carbonyl (C=O) groups is 1. The first-order valence-electron chi connectivity index (χ1n) is 5.42. The molecule has 0 radical (unpaired) electrons. The lowest BCUT2D eigenvalue weighted by atomic mass is 10.3. The maximum Gasteiger partial charge on any atom is 0.317 e. The van der Waals surface area contributed by atoms with E-state index in [-0.39, 0.29) is 12.4 Å². The molecule has 0 aliphatic heterocycles. The summed E-state index contributed by atoms with van der Waals surface area (Å²) in [5.74, 6) is 0.208. The molecule has 5 heteroatoms. The number of ether oxygens (including phenoxy) is 1. The fourth-order valence-electron chi connectivity index (χ4n) is 1.38. The molecule has 0 fully saturated rings. The highest BCUT2D eigenvalue weighted by atomic mass is 16.5. The Balaban J connectivity index is 1.93. The Morgan fingerprint density at radius 2 is 2.12 bits per heavy atom. The molecule has 17 heavy (non-hydrogen) atoms. The fraction of sp³-hybridized carbons (Fsp3) is 0.250. The van der Waals surface area contributed by atoms with Crippen molar-refractivity contribution >= 4 is 5.97 Å². The van der Waals surface area contributed by atoms with E-state index >= 15 is 0 Å². The van der Waals surface area contributed by atoms with Gasteiger partial charge in [-0.25, -0.2) is 0 Å². The number of aromatic nitrogens is 3. The minimum atomic E-state index is -0.334. The molecule has 1 aromatic heterocycles. The first kappa shape index (κ1) is 11.3. The summed E-state index contributed by atoms with van der Waals surface area (Å²) in [6.07, 6.45) is 1.88. The van der Waals surface area contributed by atoms with Crippen LogP contribution in [0.25, 0.3) is 0 Å². The summed E-state index contributed by atoms with van der Waals surface area (Å²) in [5, 5.41) is 7.73. The summed E-state index contributed by atoms with van der Waals surface area (Å²) in [6, 6.07) is 8.97. The second-order valence-electron chi connectivity index (χ2n) is 3.53. The molecule has 0 unspecified atom stereocenters. The minimum absolute atomic E-state index is 0.134. The van der Waals surface area contributed by atoms with E-state index < -0.39 is 0 Å². The van der Waals surface area contributed by atoms with Crippen molar-refractivity contribution in [1.82, 2.24) is 15.0 Å². The number of nitrogens with zero attached hydrogens (tertiary/aromatic N) is 3. The van der Waals surface area contributed by atoms with Crippen LogP contribution < -0.4 is 4.74 Å². The smallest absolute Gasteiger partial charge is 0.317 e. The number of benzene rings is 1. The van der Waals surface area contributed by atoms with Crippen molar-refractivity contribution in [3.63, 3.8) is 0 Å². The van der Waals surface area contributed by atoms with Crippen molar-refractivity contribution in [2.75, 3.05) is 0 Å². The van der Waals surface area contributed by atoms with Crippen LogP contribution >= 0.6 is 0 Å². The zero-order chi connectivity index (χ0) is 12.1. The van der Waals surface area contributed by atoms with Crippen molar-refractivity contribution in [2.45, 2.75) is 19.9 Å². The molecule has 0 bridgehead atoms.